The van der Waals surface area contributed by atoms with Gasteiger partial charge in [-0.3, -0.25) is 0 Å². The molecule has 0 saturated carbocycles. The second-order valence-corrected chi connectivity index (χ2v) is 7.94. The van der Waals surface area contributed by atoms with Crippen LogP contribution in [-0.4, -0.2) is 44.2 Å². The van der Waals surface area contributed by atoms with Crippen LogP contribution < -0.4 is 20.8 Å². The Hall–Kier alpha value is -3.06. The van der Waals surface area contributed by atoms with Gasteiger partial charge in [-0.1, -0.05) is 13.5 Å². The van der Waals surface area contributed by atoms with Crippen molar-refractivity contribution in [2.75, 3.05) is 38.2 Å². The number of nitrogens with zero attached hydrogens (tertiary/aromatic N) is 3. The van der Waals surface area contributed by atoms with Crippen LogP contribution in [0.4, 0.5) is 5.82 Å². The first-order valence-corrected chi connectivity index (χ1v) is 11.7. The lowest BCUT2D eigenvalue weighted by atomic mass is 10.0. The number of pyridine rings is 1. The number of hydrogen-bond acceptors (Lipinski definition) is 7. The lowest BCUT2D eigenvalue weighted by molar-refractivity contribution is 0.305. The summed E-state index contributed by atoms with van der Waals surface area (Å²) in [5.74, 6) is 8.36. The van der Waals surface area contributed by atoms with E-state index in [1.807, 2.05) is 39.1 Å². The predicted octanol–water partition coefficient (Wildman–Crippen LogP) is 4.40. The molecule has 0 aliphatic rings. The number of hydrazone groups is 1. The molecule has 0 bridgehead atoms. The number of nitrogens with two attached hydrogens (primary N) is 1. The fourth-order valence-corrected chi connectivity index (χ4v) is 3.77. The number of hydrogen-bond donors (Lipinski definition) is 2. The van der Waals surface area contributed by atoms with Crippen LogP contribution in [0.15, 0.2) is 36.1 Å². The van der Waals surface area contributed by atoms with E-state index in [1.54, 1.807) is 6.20 Å². The van der Waals surface area contributed by atoms with E-state index in [0.717, 1.165) is 71.9 Å². The van der Waals surface area contributed by atoms with Crippen LogP contribution in [0.1, 0.15) is 55.0 Å². The van der Waals surface area contributed by atoms with Gasteiger partial charge in [0.05, 0.1) is 6.61 Å². The largest absolute Gasteiger partial charge is 0.493 e. The number of aromatic nitrogens is 1. The highest BCUT2D eigenvalue weighted by Gasteiger charge is 2.16. The lowest BCUT2D eigenvalue weighted by Crippen LogP contribution is -2.24. The summed E-state index contributed by atoms with van der Waals surface area (Å²) in [5.41, 5.74) is 4.76. The summed E-state index contributed by atoms with van der Waals surface area (Å²) in [5, 5.41) is 7.04. The fourth-order valence-electron chi connectivity index (χ4n) is 3.77. The van der Waals surface area contributed by atoms with Crippen molar-refractivity contribution in [2.24, 2.45) is 10.9 Å². The number of benzene rings is 1. The quantitative estimate of drug-likeness (QED) is 0.124. The summed E-state index contributed by atoms with van der Waals surface area (Å²) in [6.07, 6.45) is 3.55. The second kappa shape index (κ2) is 12.8. The highest BCUT2D eigenvalue weighted by Crippen LogP contribution is 2.28. The van der Waals surface area contributed by atoms with Crippen molar-refractivity contribution in [3.05, 3.63) is 58.8 Å². The molecule has 0 aliphatic carbocycles. The van der Waals surface area contributed by atoms with Crippen LogP contribution >= 0.6 is 0 Å². The highest BCUT2D eigenvalue weighted by atomic mass is 16.5. The Morgan fingerprint density at radius 1 is 1.12 bits per heavy atom. The summed E-state index contributed by atoms with van der Waals surface area (Å²) >= 11 is 0. The highest BCUT2D eigenvalue weighted by molar-refractivity contribution is 5.97. The first-order chi connectivity index (χ1) is 15.9. The Bertz CT molecular complexity index is 967. The van der Waals surface area contributed by atoms with E-state index in [9.17, 15) is 0 Å². The van der Waals surface area contributed by atoms with Gasteiger partial charge in [0.1, 0.15) is 17.3 Å². The molecule has 0 amide bonds. The fraction of sp³-hybridized carbons (Fsp3) is 0.462. The molecular formula is C26H39N5O2. The molecule has 0 unspecified atom stereocenters. The van der Waals surface area contributed by atoms with Gasteiger partial charge in [0, 0.05) is 30.4 Å². The smallest absolute Gasteiger partial charge is 0.243 e. The number of rotatable bonds is 12. The third kappa shape index (κ3) is 6.71. The van der Waals surface area contributed by atoms with Crippen molar-refractivity contribution in [3.63, 3.8) is 0 Å². The molecular weight excluding hydrogens is 414 g/mol. The Balaban J connectivity index is 2.23. The van der Waals surface area contributed by atoms with Gasteiger partial charge < -0.3 is 25.5 Å². The Kier molecular flexibility index (Phi) is 10.2. The normalized spacial score (nSPS) is 11.4. The SMILES string of the molecule is C=C(O/C(=N\N)c1cc(C)c(OCCCNC)c(CC)c1)c1cnc(N(CC)CC)c(C)c1. The third-order valence-electron chi connectivity index (χ3n) is 5.57. The van der Waals surface area contributed by atoms with E-state index < -0.39 is 0 Å². The summed E-state index contributed by atoms with van der Waals surface area (Å²) in [6.45, 7) is 17.9. The predicted molar refractivity (Wildman–Crippen MR) is 138 cm³/mol. The van der Waals surface area contributed by atoms with Crippen molar-refractivity contribution < 1.29 is 9.47 Å². The molecule has 0 spiro atoms. The topological polar surface area (TPSA) is 85.0 Å². The maximum absolute atomic E-state index is 6.06. The monoisotopic (exact) mass is 453 g/mol. The average Bonchev–Trinajstić information content (AvgIpc) is 2.82. The molecule has 0 radical (unpaired) electrons. The van der Waals surface area contributed by atoms with Gasteiger partial charge in [-0.05, 0) is 89.0 Å². The molecule has 1 heterocycles. The average molecular weight is 454 g/mol. The van der Waals surface area contributed by atoms with Gasteiger partial charge in [0.25, 0.3) is 0 Å². The van der Waals surface area contributed by atoms with Crippen LogP contribution in [0.3, 0.4) is 0 Å². The molecule has 0 fully saturated rings. The van der Waals surface area contributed by atoms with Crippen LogP contribution in [0.5, 0.6) is 5.75 Å². The van der Waals surface area contributed by atoms with Gasteiger partial charge in [0.2, 0.25) is 5.90 Å². The molecule has 0 atom stereocenters. The molecule has 180 valence electrons. The number of nitrogens with one attached hydrogen (secondary N) is 1. The van der Waals surface area contributed by atoms with E-state index in [4.69, 9.17) is 15.3 Å². The first-order valence-electron chi connectivity index (χ1n) is 11.7. The molecule has 2 rings (SSSR count). The number of aryl methyl sites for hydroxylation is 3. The Morgan fingerprint density at radius 2 is 1.82 bits per heavy atom. The van der Waals surface area contributed by atoms with Crippen molar-refractivity contribution in [1.82, 2.24) is 10.3 Å². The standard InChI is InChI=1S/C26H39N5O2/c1-8-21-16-22(14-18(4)24(21)32-13-11-12-28-7)26(30-27)33-20(6)23-15-19(5)25(29-17-23)31(9-2)10-3/h14-17,28H,6,8-13,27H2,1-5,7H3/b30-26-. The van der Waals surface area contributed by atoms with Crippen molar-refractivity contribution in [3.8, 4) is 5.75 Å². The second-order valence-electron chi connectivity index (χ2n) is 7.94. The van der Waals surface area contributed by atoms with Gasteiger partial charge in [0.15, 0.2) is 0 Å². The molecule has 3 N–H and O–H groups in total. The van der Waals surface area contributed by atoms with Crippen LogP contribution in [0.2, 0.25) is 0 Å². The Labute approximate surface area is 198 Å². The lowest BCUT2D eigenvalue weighted by Gasteiger charge is -2.22. The van der Waals surface area contributed by atoms with Crippen molar-refractivity contribution >= 4 is 17.5 Å². The maximum atomic E-state index is 6.06. The van der Waals surface area contributed by atoms with Crippen LogP contribution in [-0.2, 0) is 11.2 Å². The molecule has 1 aromatic heterocycles. The molecule has 0 aliphatic heterocycles. The van der Waals surface area contributed by atoms with E-state index in [2.05, 4.69) is 47.7 Å². The minimum absolute atomic E-state index is 0.310. The molecule has 0 saturated heterocycles. The van der Waals surface area contributed by atoms with Crippen molar-refractivity contribution in [2.45, 2.75) is 47.5 Å². The van der Waals surface area contributed by atoms with Crippen molar-refractivity contribution in [1.29, 1.82) is 0 Å². The molecule has 7 nitrogen and oxygen atoms in total. The van der Waals surface area contributed by atoms with E-state index >= 15 is 0 Å². The minimum atomic E-state index is 0.310. The molecule has 2 aromatic rings. The first kappa shape index (κ1) is 26.2. The Morgan fingerprint density at radius 3 is 2.39 bits per heavy atom. The van der Waals surface area contributed by atoms with Crippen LogP contribution in [0.25, 0.3) is 5.76 Å². The zero-order valence-corrected chi connectivity index (χ0v) is 21.0. The van der Waals surface area contributed by atoms with Gasteiger partial charge in [-0.15, -0.1) is 5.10 Å². The van der Waals surface area contributed by atoms with E-state index in [1.165, 1.54) is 0 Å². The summed E-state index contributed by atoms with van der Waals surface area (Å²) in [4.78, 5) is 6.85. The zero-order valence-electron chi connectivity index (χ0n) is 21.0. The van der Waals surface area contributed by atoms with Gasteiger partial charge >= 0.3 is 0 Å². The van der Waals surface area contributed by atoms with Crippen LogP contribution in [0, 0.1) is 13.8 Å². The van der Waals surface area contributed by atoms with E-state index in [0.29, 0.717) is 18.3 Å². The summed E-state index contributed by atoms with van der Waals surface area (Å²) in [7, 11) is 1.94. The summed E-state index contributed by atoms with van der Waals surface area (Å²) in [6, 6.07) is 6.03. The minimum Gasteiger partial charge on any atom is -0.493 e. The number of ether oxygens (including phenoxy) is 2. The third-order valence-corrected chi connectivity index (χ3v) is 5.57. The van der Waals surface area contributed by atoms with Gasteiger partial charge in [-0.2, -0.15) is 0 Å². The summed E-state index contributed by atoms with van der Waals surface area (Å²) < 4.78 is 12.1. The van der Waals surface area contributed by atoms with E-state index in [-0.39, 0.29) is 0 Å². The van der Waals surface area contributed by atoms with Gasteiger partial charge in [-0.25, -0.2) is 4.98 Å². The molecule has 1 aromatic carbocycles. The number of anilines is 1. The maximum Gasteiger partial charge on any atom is 0.243 e. The molecule has 33 heavy (non-hydrogen) atoms. The molecule has 7 heteroatoms. The zero-order chi connectivity index (χ0) is 24.4.